The minimum Gasteiger partial charge on any atom is -0.435 e. The van der Waals surface area contributed by atoms with Gasteiger partial charge in [0, 0.05) is 18.1 Å². The van der Waals surface area contributed by atoms with E-state index in [1.807, 2.05) is 0 Å². The molecule has 0 aliphatic carbocycles. The summed E-state index contributed by atoms with van der Waals surface area (Å²) >= 11 is 0. The highest BCUT2D eigenvalue weighted by molar-refractivity contribution is 6.05. The quantitative estimate of drug-likeness (QED) is 0.475. The molecule has 1 N–H and O–H groups in total. The van der Waals surface area contributed by atoms with E-state index in [9.17, 15) is 18.4 Å². The van der Waals surface area contributed by atoms with Gasteiger partial charge in [0.15, 0.2) is 5.69 Å². The summed E-state index contributed by atoms with van der Waals surface area (Å²) in [6.45, 7) is -1.09. The van der Waals surface area contributed by atoms with Crippen molar-refractivity contribution in [2.75, 3.05) is 0 Å². The molecule has 0 saturated carbocycles. The number of rotatable bonds is 7. The highest BCUT2D eigenvalue weighted by Crippen LogP contribution is 2.16. The van der Waals surface area contributed by atoms with Crippen LogP contribution in [-0.2, 0) is 13.5 Å². The predicted molar refractivity (Wildman–Crippen MR) is 109 cm³/mol. The number of carbonyl (C=O) groups excluding carboxylic acids is 1. The first-order valence-electron chi connectivity index (χ1n) is 9.18. The van der Waals surface area contributed by atoms with Gasteiger partial charge in [-0.15, -0.1) is 0 Å². The van der Waals surface area contributed by atoms with E-state index in [0.29, 0.717) is 29.3 Å². The third-order valence-corrected chi connectivity index (χ3v) is 4.44. The van der Waals surface area contributed by atoms with Crippen LogP contribution in [0, 0.1) is 0 Å². The molecule has 0 spiro atoms. The predicted octanol–water partition coefficient (Wildman–Crippen LogP) is 3.27. The van der Waals surface area contributed by atoms with Crippen LogP contribution in [-0.4, -0.2) is 28.0 Å². The lowest BCUT2D eigenvalue weighted by Crippen LogP contribution is -2.27. The largest absolute Gasteiger partial charge is 0.435 e. The number of alkyl halides is 2. The van der Waals surface area contributed by atoms with Crippen LogP contribution in [0.25, 0.3) is 10.8 Å². The van der Waals surface area contributed by atoms with Gasteiger partial charge >= 0.3 is 6.61 Å². The van der Waals surface area contributed by atoms with E-state index >= 15 is 0 Å². The van der Waals surface area contributed by atoms with Crippen LogP contribution in [0.5, 0.6) is 5.75 Å². The number of fused-ring (bicyclic) bond motifs is 1. The summed E-state index contributed by atoms with van der Waals surface area (Å²) in [6.07, 6.45) is 1.16. The number of benzene rings is 2. The molecule has 7 nitrogen and oxygen atoms in total. The first kappa shape index (κ1) is 21.1. The number of hydrazone groups is 1. The van der Waals surface area contributed by atoms with E-state index in [1.54, 1.807) is 43.3 Å². The second kappa shape index (κ2) is 9.25. The van der Waals surface area contributed by atoms with Crippen molar-refractivity contribution in [2.45, 2.75) is 26.4 Å². The summed E-state index contributed by atoms with van der Waals surface area (Å²) < 4.78 is 29.8. The van der Waals surface area contributed by atoms with Crippen LogP contribution in [0.4, 0.5) is 8.78 Å². The number of nitrogens with one attached hydrogen (secondary N) is 1. The monoisotopic (exact) mass is 414 g/mol. The van der Waals surface area contributed by atoms with Gasteiger partial charge in [-0.3, -0.25) is 9.59 Å². The fourth-order valence-corrected chi connectivity index (χ4v) is 2.89. The molecule has 0 fully saturated rings. The average Bonchev–Trinajstić information content (AvgIpc) is 2.73. The van der Waals surface area contributed by atoms with Crippen molar-refractivity contribution in [1.29, 1.82) is 0 Å². The first-order chi connectivity index (χ1) is 14.3. The average molecular weight is 414 g/mol. The highest BCUT2D eigenvalue weighted by Gasteiger charge is 2.15. The van der Waals surface area contributed by atoms with E-state index in [0.717, 1.165) is 10.2 Å². The SMILES string of the molecule is C/C(CCc1ccc(OC(F)F)cc1)=N/NC(=O)c1nn(C)c(=O)c2ccccc12. The lowest BCUT2D eigenvalue weighted by atomic mass is 10.1. The molecule has 2 aromatic carbocycles. The zero-order chi connectivity index (χ0) is 21.7. The van der Waals surface area contributed by atoms with Gasteiger partial charge in [0.25, 0.3) is 11.5 Å². The Morgan fingerprint density at radius 3 is 2.50 bits per heavy atom. The third-order valence-electron chi connectivity index (χ3n) is 4.44. The van der Waals surface area contributed by atoms with Crippen LogP contribution >= 0.6 is 0 Å². The smallest absolute Gasteiger partial charge is 0.387 e. The Labute approximate surface area is 171 Å². The van der Waals surface area contributed by atoms with Gasteiger partial charge in [0.2, 0.25) is 0 Å². The molecule has 1 heterocycles. The Morgan fingerprint density at radius 1 is 1.17 bits per heavy atom. The summed E-state index contributed by atoms with van der Waals surface area (Å²) in [7, 11) is 1.48. The van der Waals surface area contributed by atoms with Crippen LogP contribution in [0.15, 0.2) is 58.4 Å². The Balaban J connectivity index is 1.64. The molecule has 0 unspecified atom stereocenters. The lowest BCUT2D eigenvalue weighted by molar-refractivity contribution is -0.0498. The number of ether oxygens (including phenoxy) is 1. The molecule has 0 aliphatic heterocycles. The van der Waals surface area contributed by atoms with Gasteiger partial charge in [0.1, 0.15) is 5.75 Å². The normalized spacial score (nSPS) is 11.7. The topological polar surface area (TPSA) is 85.6 Å². The zero-order valence-electron chi connectivity index (χ0n) is 16.4. The van der Waals surface area contributed by atoms with E-state index < -0.39 is 12.5 Å². The molecule has 3 aromatic rings. The van der Waals surface area contributed by atoms with Crippen molar-refractivity contribution in [1.82, 2.24) is 15.2 Å². The van der Waals surface area contributed by atoms with Crippen molar-refractivity contribution >= 4 is 22.4 Å². The zero-order valence-corrected chi connectivity index (χ0v) is 16.4. The van der Waals surface area contributed by atoms with Crippen molar-refractivity contribution in [3.05, 3.63) is 70.1 Å². The Kier molecular flexibility index (Phi) is 6.51. The molecule has 30 heavy (non-hydrogen) atoms. The number of halogens is 2. The van der Waals surface area contributed by atoms with Gasteiger partial charge in [-0.05, 0) is 43.5 Å². The number of nitrogens with zero attached hydrogens (tertiary/aromatic N) is 3. The number of amides is 1. The second-order valence-electron chi connectivity index (χ2n) is 6.63. The lowest BCUT2D eigenvalue weighted by Gasteiger charge is -2.08. The molecular weight excluding hydrogens is 394 g/mol. The molecule has 0 aliphatic rings. The van der Waals surface area contributed by atoms with Crippen LogP contribution < -0.4 is 15.7 Å². The molecule has 9 heteroatoms. The van der Waals surface area contributed by atoms with Crippen LogP contribution in [0.1, 0.15) is 29.4 Å². The fraction of sp³-hybridized carbons (Fsp3) is 0.238. The maximum atomic E-state index is 12.6. The van der Waals surface area contributed by atoms with Gasteiger partial charge in [-0.1, -0.05) is 30.3 Å². The van der Waals surface area contributed by atoms with Crippen molar-refractivity contribution in [3.8, 4) is 5.75 Å². The molecule has 3 rings (SSSR count). The molecular formula is C21H20F2N4O3. The summed E-state index contributed by atoms with van der Waals surface area (Å²) in [5.41, 5.74) is 3.89. The standard InChI is InChI=1S/C21H20F2N4O3/c1-13(7-8-14-9-11-15(12-10-14)30-21(22)23)24-25-19(28)18-16-5-3-4-6-17(16)20(29)27(2)26-18/h3-6,9-12,21H,7-8H2,1-2H3,(H,25,28)/b24-13-. The summed E-state index contributed by atoms with van der Waals surface area (Å²) in [6, 6.07) is 13.1. The Bertz CT molecular complexity index is 1140. The van der Waals surface area contributed by atoms with Crippen LogP contribution in [0.3, 0.4) is 0 Å². The molecule has 0 atom stereocenters. The summed E-state index contributed by atoms with van der Waals surface area (Å²) in [5.74, 6) is -0.418. The van der Waals surface area contributed by atoms with Gasteiger partial charge in [-0.25, -0.2) is 10.1 Å². The van der Waals surface area contributed by atoms with Gasteiger partial charge in [-0.2, -0.15) is 19.0 Å². The second-order valence-corrected chi connectivity index (χ2v) is 6.63. The Hall–Kier alpha value is -3.62. The molecule has 1 amide bonds. The minimum atomic E-state index is -2.85. The maximum absolute atomic E-state index is 12.6. The van der Waals surface area contributed by atoms with Crippen molar-refractivity contribution in [2.24, 2.45) is 12.1 Å². The van der Waals surface area contributed by atoms with Gasteiger partial charge < -0.3 is 4.74 Å². The molecule has 156 valence electrons. The van der Waals surface area contributed by atoms with E-state index in [-0.39, 0.29) is 17.0 Å². The first-order valence-corrected chi connectivity index (χ1v) is 9.18. The number of carbonyl (C=O) groups is 1. The number of hydrogen-bond donors (Lipinski definition) is 1. The van der Waals surface area contributed by atoms with Gasteiger partial charge in [0.05, 0.1) is 5.39 Å². The molecule has 0 bridgehead atoms. The number of aryl methyl sites for hydroxylation is 2. The maximum Gasteiger partial charge on any atom is 0.387 e. The van der Waals surface area contributed by atoms with Crippen molar-refractivity contribution in [3.63, 3.8) is 0 Å². The molecule has 0 saturated heterocycles. The minimum absolute atomic E-state index is 0.100. The van der Waals surface area contributed by atoms with E-state index in [4.69, 9.17) is 0 Å². The van der Waals surface area contributed by atoms with Crippen LogP contribution in [0.2, 0.25) is 0 Å². The summed E-state index contributed by atoms with van der Waals surface area (Å²) in [4.78, 5) is 24.7. The van der Waals surface area contributed by atoms with E-state index in [2.05, 4.69) is 20.4 Å². The molecule has 1 aromatic heterocycles. The Morgan fingerprint density at radius 2 is 1.83 bits per heavy atom. The molecule has 0 radical (unpaired) electrons. The summed E-state index contributed by atoms with van der Waals surface area (Å²) in [5, 5.41) is 9.01. The number of hydrogen-bond acceptors (Lipinski definition) is 5. The number of aromatic nitrogens is 2. The highest BCUT2D eigenvalue weighted by atomic mass is 19.3. The van der Waals surface area contributed by atoms with E-state index in [1.165, 1.54) is 19.2 Å². The fourth-order valence-electron chi connectivity index (χ4n) is 2.89. The third kappa shape index (κ3) is 5.05. The van der Waals surface area contributed by atoms with Crippen molar-refractivity contribution < 1.29 is 18.3 Å².